The average molecular weight is 144 g/mol. The molecule has 0 N–H and O–H groups in total. The topological polar surface area (TPSA) is 35.4 Å². The van der Waals surface area contributed by atoms with E-state index in [0.29, 0.717) is 5.70 Å². The van der Waals surface area contributed by atoms with Gasteiger partial charge in [0.05, 0.1) is 5.70 Å². The number of hydrogen-bond donors (Lipinski definition) is 0. The summed E-state index contributed by atoms with van der Waals surface area (Å²) in [5.41, 5.74) is 1.48. The Bertz CT molecular complexity index is 325. The first-order valence-corrected chi connectivity index (χ1v) is 3.39. The molecule has 0 saturated carbocycles. The number of rotatable bonds is 1. The highest BCUT2D eigenvalue weighted by atomic mass is 16.3. The fourth-order valence-corrected chi connectivity index (χ4v) is 0.995. The lowest BCUT2D eigenvalue weighted by Crippen LogP contribution is -2.13. The Morgan fingerprint density at radius 3 is 2.27 bits per heavy atom. The van der Waals surface area contributed by atoms with Crippen molar-refractivity contribution in [2.75, 3.05) is 0 Å². The van der Waals surface area contributed by atoms with Crippen molar-refractivity contribution < 1.29 is 5.11 Å². The smallest absolute Gasteiger partial charge is 0.0638 e. The van der Waals surface area contributed by atoms with Gasteiger partial charge in [0.2, 0.25) is 0 Å². The third-order valence-electron chi connectivity index (χ3n) is 1.59. The number of hydrogen-bond acceptors (Lipinski definition) is 2. The number of aliphatic imine (C=N–C) groups is 1. The lowest BCUT2D eigenvalue weighted by atomic mass is 10.1. The quantitative estimate of drug-likeness (QED) is 0.574. The van der Waals surface area contributed by atoms with Crippen LogP contribution in [0.1, 0.15) is 5.56 Å². The van der Waals surface area contributed by atoms with Crippen LogP contribution in [-0.2, 0) is 0 Å². The molecule has 0 aliphatic carbocycles. The van der Waals surface area contributed by atoms with Gasteiger partial charge in [0.25, 0.3) is 0 Å². The maximum atomic E-state index is 10.8. The van der Waals surface area contributed by atoms with E-state index in [-0.39, 0.29) is 5.76 Å². The van der Waals surface area contributed by atoms with E-state index in [0.717, 1.165) is 5.56 Å². The predicted molar refractivity (Wildman–Crippen MR) is 41.9 cm³/mol. The van der Waals surface area contributed by atoms with Gasteiger partial charge < -0.3 is 5.11 Å². The zero-order valence-electron chi connectivity index (χ0n) is 5.82. The lowest BCUT2D eigenvalue weighted by molar-refractivity contribution is -0.289. The SMILES string of the molecule is [O-]C1=C(c2ccccc2)N=C1. The van der Waals surface area contributed by atoms with Crippen LogP contribution in [0.3, 0.4) is 0 Å². The predicted octanol–water partition coefficient (Wildman–Crippen LogP) is 0.800. The van der Waals surface area contributed by atoms with Crippen LogP contribution in [0.4, 0.5) is 0 Å². The van der Waals surface area contributed by atoms with Crippen molar-refractivity contribution in [1.29, 1.82) is 0 Å². The van der Waals surface area contributed by atoms with E-state index in [1.807, 2.05) is 30.3 Å². The molecule has 2 rings (SSSR count). The van der Waals surface area contributed by atoms with Gasteiger partial charge in [-0.25, -0.2) is 0 Å². The molecule has 0 saturated heterocycles. The van der Waals surface area contributed by atoms with Gasteiger partial charge in [0.15, 0.2) is 0 Å². The summed E-state index contributed by atoms with van der Waals surface area (Å²) in [5.74, 6) is 0.0243. The number of nitrogens with zero attached hydrogens (tertiary/aromatic N) is 1. The lowest BCUT2D eigenvalue weighted by Gasteiger charge is -2.18. The van der Waals surface area contributed by atoms with Crippen molar-refractivity contribution >= 4 is 11.9 Å². The molecule has 54 valence electrons. The first-order valence-electron chi connectivity index (χ1n) is 3.39. The molecular weight excluding hydrogens is 138 g/mol. The maximum absolute atomic E-state index is 10.8. The largest absolute Gasteiger partial charge is 0.870 e. The molecule has 0 unspecified atom stereocenters. The summed E-state index contributed by atoms with van der Waals surface area (Å²) in [6.07, 6.45) is 1.34. The van der Waals surface area contributed by atoms with Crippen molar-refractivity contribution in [1.82, 2.24) is 0 Å². The fraction of sp³-hybridized carbons (Fsp3) is 0. The van der Waals surface area contributed by atoms with Crippen molar-refractivity contribution in [3.8, 4) is 0 Å². The standard InChI is InChI=1S/C9H7NO/c11-8-6-10-9(8)7-4-2-1-3-5-7/h1-6,11H/p-1. The van der Waals surface area contributed by atoms with Crippen LogP contribution >= 0.6 is 0 Å². The molecule has 1 aromatic rings. The van der Waals surface area contributed by atoms with Gasteiger partial charge in [0, 0.05) is 6.21 Å². The van der Waals surface area contributed by atoms with Crippen LogP contribution in [0.2, 0.25) is 0 Å². The van der Waals surface area contributed by atoms with Gasteiger partial charge in [-0.2, -0.15) is 0 Å². The van der Waals surface area contributed by atoms with Crippen molar-refractivity contribution in [3.05, 3.63) is 41.7 Å². The molecule has 0 bridgehead atoms. The Morgan fingerprint density at radius 1 is 1.09 bits per heavy atom. The summed E-state index contributed by atoms with van der Waals surface area (Å²) in [4.78, 5) is 3.86. The number of allylic oxidation sites excluding steroid dienone is 1. The van der Waals surface area contributed by atoms with Crippen molar-refractivity contribution in [2.45, 2.75) is 0 Å². The number of benzene rings is 1. The molecular formula is C9H6NO-. The second kappa shape index (κ2) is 2.23. The van der Waals surface area contributed by atoms with Gasteiger partial charge in [-0.1, -0.05) is 36.1 Å². The molecule has 0 amide bonds. The Balaban J connectivity index is 2.39. The molecule has 0 spiro atoms. The van der Waals surface area contributed by atoms with Crippen LogP contribution in [0.25, 0.3) is 5.70 Å². The van der Waals surface area contributed by atoms with Crippen molar-refractivity contribution in [2.24, 2.45) is 4.99 Å². The van der Waals surface area contributed by atoms with E-state index in [9.17, 15) is 5.11 Å². The van der Waals surface area contributed by atoms with E-state index in [1.165, 1.54) is 6.21 Å². The van der Waals surface area contributed by atoms with E-state index >= 15 is 0 Å². The molecule has 2 nitrogen and oxygen atoms in total. The monoisotopic (exact) mass is 144 g/mol. The van der Waals surface area contributed by atoms with E-state index in [1.54, 1.807) is 0 Å². The third kappa shape index (κ3) is 0.923. The van der Waals surface area contributed by atoms with Gasteiger partial charge in [-0.15, -0.1) is 0 Å². The summed E-state index contributed by atoms with van der Waals surface area (Å²) in [6, 6.07) is 9.46. The first kappa shape index (κ1) is 6.16. The minimum atomic E-state index is 0.0243. The highest BCUT2D eigenvalue weighted by molar-refractivity contribution is 5.98. The maximum Gasteiger partial charge on any atom is 0.0638 e. The minimum absolute atomic E-state index is 0.0243. The van der Waals surface area contributed by atoms with Gasteiger partial charge in [-0.05, 0) is 5.56 Å². The summed E-state index contributed by atoms with van der Waals surface area (Å²) in [5, 5.41) is 10.8. The van der Waals surface area contributed by atoms with E-state index in [2.05, 4.69) is 4.99 Å². The normalized spacial score (nSPS) is 14.9. The van der Waals surface area contributed by atoms with Crippen LogP contribution in [0.15, 0.2) is 41.1 Å². The molecule has 2 heteroatoms. The summed E-state index contributed by atoms with van der Waals surface area (Å²) in [7, 11) is 0. The van der Waals surface area contributed by atoms with Crippen LogP contribution in [0, 0.1) is 0 Å². The van der Waals surface area contributed by atoms with Crippen LogP contribution < -0.4 is 5.11 Å². The highest BCUT2D eigenvalue weighted by Gasteiger charge is 2.04. The molecule has 1 aliphatic heterocycles. The summed E-state index contributed by atoms with van der Waals surface area (Å²) in [6.45, 7) is 0. The Labute approximate surface area is 64.5 Å². The minimum Gasteiger partial charge on any atom is -0.870 e. The van der Waals surface area contributed by atoms with Crippen LogP contribution in [0.5, 0.6) is 0 Å². The Hall–Kier alpha value is -1.57. The van der Waals surface area contributed by atoms with E-state index in [4.69, 9.17) is 0 Å². The summed E-state index contributed by atoms with van der Waals surface area (Å²) >= 11 is 0. The van der Waals surface area contributed by atoms with Gasteiger partial charge in [-0.3, -0.25) is 4.99 Å². The van der Waals surface area contributed by atoms with Crippen molar-refractivity contribution in [3.63, 3.8) is 0 Å². The molecule has 1 aromatic carbocycles. The first-order chi connectivity index (χ1) is 5.38. The second-order valence-corrected chi connectivity index (χ2v) is 2.34. The molecule has 1 aliphatic rings. The highest BCUT2D eigenvalue weighted by Crippen LogP contribution is 2.21. The molecule has 1 heterocycles. The van der Waals surface area contributed by atoms with Gasteiger partial charge >= 0.3 is 0 Å². The molecule has 0 fully saturated rings. The molecule has 11 heavy (non-hydrogen) atoms. The third-order valence-corrected chi connectivity index (χ3v) is 1.59. The molecule has 0 radical (unpaired) electrons. The zero-order valence-corrected chi connectivity index (χ0v) is 5.82. The average Bonchev–Trinajstić information content (AvgIpc) is 2.04. The molecule has 0 aromatic heterocycles. The fourth-order valence-electron chi connectivity index (χ4n) is 0.995. The summed E-state index contributed by atoms with van der Waals surface area (Å²) < 4.78 is 0. The van der Waals surface area contributed by atoms with E-state index < -0.39 is 0 Å². The Morgan fingerprint density at radius 2 is 1.82 bits per heavy atom. The second-order valence-electron chi connectivity index (χ2n) is 2.34. The Kier molecular flexibility index (Phi) is 1.25. The van der Waals surface area contributed by atoms with Crippen LogP contribution in [-0.4, -0.2) is 6.21 Å². The zero-order chi connectivity index (χ0) is 7.68. The molecule has 0 atom stereocenters. The van der Waals surface area contributed by atoms with Gasteiger partial charge in [0.1, 0.15) is 0 Å².